The average Bonchev–Trinajstić information content (AvgIpc) is 3.05. The first-order valence-corrected chi connectivity index (χ1v) is 10.0. The van der Waals surface area contributed by atoms with Crippen molar-refractivity contribution in [3.63, 3.8) is 0 Å². The lowest BCUT2D eigenvalue weighted by Crippen LogP contribution is -2.70. The Morgan fingerprint density at radius 3 is 2.67 bits per heavy atom. The smallest absolute Gasteiger partial charge is 0.354 e. The third-order valence-corrected chi connectivity index (χ3v) is 5.87. The summed E-state index contributed by atoms with van der Waals surface area (Å²) in [5, 5.41) is 0.130. The Morgan fingerprint density at radius 1 is 1.23 bits per heavy atom. The molecule has 0 N–H and O–H groups in total. The molecule has 1 atom stereocenters. The fraction of sp³-hybridized carbons (Fsp3) is 0.318. The standard InChI is InChI=1S/C22H20ClFN2O4/c1-13(2)25-20(28)16-5-3-4-6-18(16)26-19(27)9-10-22(25,26)21(29)30-12-14-7-8-15(24)11-17(14)23/h3-8,11,13H,9-10,12H2,1-2H3. The monoisotopic (exact) mass is 430 g/mol. The van der Waals surface area contributed by atoms with Crippen LogP contribution in [0.2, 0.25) is 5.02 Å². The van der Waals surface area contributed by atoms with Gasteiger partial charge in [-0.2, -0.15) is 0 Å². The molecule has 0 saturated carbocycles. The number of esters is 1. The topological polar surface area (TPSA) is 66.9 Å². The molecule has 2 aromatic rings. The van der Waals surface area contributed by atoms with Crippen molar-refractivity contribution in [1.29, 1.82) is 0 Å². The van der Waals surface area contributed by atoms with E-state index in [9.17, 15) is 18.8 Å². The third-order valence-electron chi connectivity index (χ3n) is 5.52. The lowest BCUT2D eigenvalue weighted by Gasteiger charge is -2.50. The van der Waals surface area contributed by atoms with Crippen LogP contribution in [0.1, 0.15) is 42.6 Å². The normalized spacial score (nSPS) is 20.4. The van der Waals surface area contributed by atoms with E-state index >= 15 is 0 Å². The summed E-state index contributed by atoms with van der Waals surface area (Å²) in [6, 6.07) is 10.2. The van der Waals surface area contributed by atoms with Crippen LogP contribution >= 0.6 is 11.6 Å². The van der Waals surface area contributed by atoms with Crippen LogP contribution in [-0.2, 0) is 20.9 Å². The number of carbonyl (C=O) groups is 3. The van der Waals surface area contributed by atoms with Crippen LogP contribution in [0.5, 0.6) is 0 Å². The first-order chi connectivity index (χ1) is 14.3. The number of nitrogens with zero attached hydrogens (tertiary/aromatic N) is 2. The molecule has 2 aliphatic rings. The summed E-state index contributed by atoms with van der Waals surface area (Å²) in [6.45, 7) is 3.38. The van der Waals surface area contributed by atoms with E-state index in [0.717, 1.165) is 6.07 Å². The van der Waals surface area contributed by atoms with Crippen molar-refractivity contribution in [3.8, 4) is 0 Å². The molecule has 6 nitrogen and oxygen atoms in total. The number of carbonyl (C=O) groups excluding carboxylic acids is 3. The van der Waals surface area contributed by atoms with Crippen LogP contribution in [-0.4, -0.2) is 34.4 Å². The molecule has 1 saturated heterocycles. The number of hydrogen-bond donors (Lipinski definition) is 0. The van der Waals surface area contributed by atoms with Gasteiger partial charge in [0.05, 0.1) is 16.3 Å². The molecule has 2 aromatic carbocycles. The van der Waals surface area contributed by atoms with Gasteiger partial charge >= 0.3 is 5.97 Å². The Bertz CT molecular complexity index is 1060. The lowest BCUT2D eigenvalue weighted by atomic mass is 9.95. The number of anilines is 1. The number of halogens is 2. The fourth-order valence-corrected chi connectivity index (χ4v) is 4.49. The Hall–Kier alpha value is -2.93. The molecule has 156 valence electrons. The molecule has 8 heteroatoms. The van der Waals surface area contributed by atoms with E-state index in [-0.39, 0.29) is 42.3 Å². The van der Waals surface area contributed by atoms with Gasteiger partial charge < -0.3 is 9.64 Å². The molecule has 1 fully saturated rings. The predicted octanol–water partition coefficient (Wildman–Crippen LogP) is 3.91. The Morgan fingerprint density at radius 2 is 1.97 bits per heavy atom. The number of rotatable bonds is 4. The minimum Gasteiger partial charge on any atom is -0.458 e. The number of benzene rings is 2. The highest BCUT2D eigenvalue weighted by Gasteiger charge is 2.62. The first kappa shape index (κ1) is 20.3. The van der Waals surface area contributed by atoms with Crippen LogP contribution in [0.25, 0.3) is 0 Å². The van der Waals surface area contributed by atoms with Crippen LogP contribution in [0, 0.1) is 5.82 Å². The van der Waals surface area contributed by atoms with Crippen molar-refractivity contribution < 1.29 is 23.5 Å². The zero-order chi connectivity index (χ0) is 21.6. The van der Waals surface area contributed by atoms with Crippen molar-refractivity contribution in [2.45, 2.75) is 45.0 Å². The van der Waals surface area contributed by atoms with Gasteiger partial charge in [-0.25, -0.2) is 9.18 Å². The van der Waals surface area contributed by atoms with E-state index in [1.807, 2.05) is 0 Å². The van der Waals surface area contributed by atoms with Gasteiger partial charge in [-0.05, 0) is 38.1 Å². The number of hydrogen-bond acceptors (Lipinski definition) is 4. The maximum absolute atomic E-state index is 13.4. The van der Waals surface area contributed by atoms with E-state index in [1.165, 1.54) is 21.9 Å². The Kier molecular flexibility index (Phi) is 5.02. The minimum absolute atomic E-state index is 0.108. The maximum atomic E-state index is 13.4. The Balaban J connectivity index is 1.75. The Labute approximate surface area is 178 Å². The molecule has 0 bridgehead atoms. The summed E-state index contributed by atoms with van der Waals surface area (Å²) in [7, 11) is 0. The number of ether oxygens (including phenoxy) is 1. The van der Waals surface area contributed by atoms with Gasteiger partial charge in [0.25, 0.3) is 5.91 Å². The van der Waals surface area contributed by atoms with Gasteiger partial charge in [0, 0.05) is 24.4 Å². The number of para-hydroxylation sites is 1. The van der Waals surface area contributed by atoms with E-state index < -0.39 is 17.4 Å². The van der Waals surface area contributed by atoms with E-state index in [0.29, 0.717) is 16.8 Å². The van der Waals surface area contributed by atoms with Crippen molar-refractivity contribution >= 4 is 35.1 Å². The lowest BCUT2D eigenvalue weighted by molar-refractivity contribution is -0.159. The summed E-state index contributed by atoms with van der Waals surface area (Å²) >= 11 is 6.04. The van der Waals surface area contributed by atoms with Crippen LogP contribution in [0.4, 0.5) is 10.1 Å². The van der Waals surface area contributed by atoms with Crippen LogP contribution < -0.4 is 4.90 Å². The van der Waals surface area contributed by atoms with Gasteiger partial charge in [0.2, 0.25) is 11.6 Å². The summed E-state index contributed by atoms with van der Waals surface area (Å²) in [5.41, 5.74) is -0.370. The zero-order valence-electron chi connectivity index (χ0n) is 16.5. The van der Waals surface area contributed by atoms with Gasteiger partial charge in [-0.1, -0.05) is 29.8 Å². The quantitative estimate of drug-likeness (QED) is 0.690. The van der Waals surface area contributed by atoms with Crippen molar-refractivity contribution in [2.24, 2.45) is 0 Å². The summed E-state index contributed by atoms with van der Waals surface area (Å²) in [4.78, 5) is 42.4. The minimum atomic E-state index is -1.57. The molecule has 2 aliphatic heterocycles. The zero-order valence-corrected chi connectivity index (χ0v) is 17.3. The summed E-state index contributed by atoms with van der Waals surface area (Å²) in [6.07, 6.45) is 0.233. The van der Waals surface area contributed by atoms with E-state index in [2.05, 4.69) is 0 Å². The molecule has 0 aliphatic carbocycles. The molecule has 30 heavy (non-hydrogen) atoms. The predicted molar refractivity (Wildman–Crippen MR) is 108 cm³/mol. The highest BCUT2D eigenvalue weighted by Crippen LogP contribution is 2.46. The largest absolute Gasteiger partial charge is 0.458 e. The molecular weight excluding hydrogens is 411 g/mol. The highest BCUT2D eigenvalue weighted by atomic mass is 35.5. The number of amides is 2. The third kappa shape index (κ3) is 2.96. The van der Waals surface area contributed by atoms with Crippen molar-refractivity contribution in [3.05, 3.63) is 64.4 Å². The first-order valence-electron chi connectivity index (χ1n) is 9.64. The highest BCUT2D eigenvalue weighted by molar-refractivity contribution is 6.31. The molecule has 0 spiro atoms. The average molecular weight is 431 g/mol. The van der Waals surface area contributed by atoms with Crippen LogP contribution in [0.15, 0.2) is 42.5 Å². The van der Waals surface area contributed by atoms with Crippen LogP contribution in [0.3, 0.4) is 0 Å². The SMILES string of the molecule is CC(C)N1C(=O)c2ccccc2N2C(=O)CCC21C(=O)OCc1ccc(F)cc1Cl. The van der Waals surface area contributed by atoms with Gasteiger partial charge in [-0.3, -0.25) is 14.5 Å². The molecule has 0 aromatic heterocycles. The van der Waals surface area contributed by atoms with Gasteiger partial charge in [-0.15, -0.1) is 0 Å². The summed E-state index contributed by atoms with van der Waals surface area (Å²) < 4.78 is 18.9. The second-order valence-corrected chi connectivity index (χ2v) is 8.05. The molecular formula is C22H20ClFN2O4. The van der Waals surface area contributed by atoms with Gasteiger partial charge in [0.1, 0.15) is 12.4 Å². The molecule has 2 heterocycles. The van der Waals surface area contributed by atoms with E-state index in [4.69, 9.17) is 16.3 Å². The second kappa shape index (κ2) is 7.40. The van der Waals surface area contributed by atoms with Gasteiger partial charge in [0.15, 0.2) is 0 Å². The maximum Gasteiger partial charge on any atom is 0.354 e. The fourth-order valence-electron chi connectivity index (χ4n) is 4.27. The molecule has 0 radical (unpaired) electrons. The summed E-state index contributed by atoms with van der Waals surface area (Å²) in [5.74, 6) is -1.80. The van der Waals surface area contributed by atoms with Crippen molar-refractivity contribution in [2.75, 3.05) is 4.90 Å². The van der Waals surface area contributed by atoms with Crippen molar-refractivity contribution in [1.82, 2.24) is 4.90 Å². The molecule has 1 unspecified atom stereocenters. The molecule has 2 amide bonds. The second-order valence-electron chi connectivity index (χ2n) is 7.64. The number of fused-ring (bicyclic) bond motifs is 3. The molecule has 4 rings (SSSR count). The van der Waals surface area contributed by atoms with E-state index in [1.54, 1.807) is 38.1 Å².